The Morgan fingerprint density at radius 1 is 1.20 bits per heavy atom. The van der Waals surface area contributed by atoms with E-state index < -0.39 is 0 Å². The third-order valence-electron chi connectivity index (χ3n) is 3.83. The third-order valence-corrected chi connectivity index (χ3v) is 5.20. The van der Waals surface area contributed by atoms with Gasteiger partial charge in [0.25, 0.3) is 0 Å². The minimum atomic E-state index is -0.320. The first kappa shape index (κ1) is 18.0. The van der Waals surface area contributed by atoms with E-state index in [-0.39, 0.29) is 12.4 Å². The number of imidazole rings is 1. The van der Waals surface area contributed by atoms with Crippen molar-refractivity contribution in [1.29, 1.82) is 0 Å². The fraction of sp³-hybridized carbons (Fsp3) is 0.211. The van der Waals surface area contributed by atoms with Gasteiger partial charge >= 0.3 is 0 Å². The molecule has 0 aliphatic rings. The van der Waals surface area contributed by atoms with E-state index in [2.05, 4.69) is 29.2 Å². The number of halogens is 2. The number of aromatic nitrogens is 2. The van der Waals surface area contributed by atoms with Crippen molar-refractivity contribution < 1.29 is 9.50 Å². The van der Waals surface area contributed by atoms with Crippen molar-refractivity contribution in [2.45, 2.75) is 31.0 Å². The summed E-state index contributed by atoms with van der Waals surface area (Å²) in [5.41, 5.74) is 3.39. The summed E-state index contributed by atoms with van der Waals surface area (Å²) in [5, 5.41) is 10.5. The average molecular weight is 377 g/mol. The van der Waals surface area contributed by atoms with Crippen molar-refractivity contribution in [2.75, 3.05) is 0 Å². The summed E-state index contributed by atoms with van der Waals surface area (Å²) < 4.78 is 15.9. The molecule has 2 aromatic carbocycles. The number of thioether (sulfide) groups is 1. The molecule has 0 saturated heterocycles. The topological polar surface area (TPSA) is 38.0 Å². The van der Waals surface area contributed by atoms with E-state index in [1.54, 1.807) is 12.1 Å². The first-order valence-corrected chi connectivity index (χ1v) is 9.21. The van der Waals surface area contributed by atoms with Gasteiger partial charge in [-0.3, -0.25) is 0 Å². The molecule has 0 spiro atoms. The molecule has 130 valence electrons. The molecule has 1 N–H and O–H groups in total. The summed E-state index contributed by atoms with van der Waals surface area (Å²) in [4.78, 5) is 4.43. The number of aryl methyl sites for hydroxylation is 1. The summed E-state index contributed by atoms with van der Waals surface area (Å²) in [5.74, 6) is 0.0559. The summed E-state index contributed by atoms with van der Waals surface area (Å²) in [6.07, 6.45) is 1.82. The van der Waals surface area contributed by atoms with Crippen LogP contribution in [-0.2, 0) is 18.9 Å². The molecule has 3 nitrogen and oxygen atoms in total. The fourth-order valence-electron chi connectivity index (χ4n) is 2.45. The van der Waals surface area contributed by atoms with Crippen molar-refractivity contribution in [1.82, 2.24) is 9.55 Å². The minimum Gasteiger partial charge on any atom is -0.390 e. The molecule has 0 unspecified atom stereocenters. The van der Waals surface area contributed by atoms with E-state index in [9.17, 15) is 9.50 Å². The Balaban J connectivity index is 1.81. The quantitative estimate of drug-likeness (QED) is 0.627. The SMILES string of the molecule is Cc1ccc(Cn2cc(CO)nc2SCc2c(F)cccc2Cl)cc1. The fourth-order valence-corrected chi connectivity index (χ4v) is 3.79. The number of rotatable bonds is 6. The van der Waals surface area contributed by atoms with E-state index in [1.807, 2.05) is 17.7 Å². The van der Waals surface area contributed by atoms with Gasteiger partial charge < -0.3 is 9.67 Å². The Kier molecular flexibility index (Phi) is 5.78. The monoisotopic (exact) mass is 376 g/mol. The van der Waals surface area contributed by atoms with Gasteiger partial charge in [-0.2, -0.15) is 0 Å². The zero-order valence-electron chi connectivity index (χ0n) is 13.7. The molecule has 0 aliphatic carbocycles. The first-order chi connectivity index (χ1) is 12.1. The number of aliphatic hydroxyl groups excluding tert-OH is 1. The lowest BCUT2D eigenvalue weighted by atomic mass is 10.1. The number of aliphatic hydroxyl groups is 1. The Morgan fingerprint density at radius 2 is 1.96 bits per heavy atom. The smallest absolute Gasteiger partial charge is 0.168 e. The lowest BCUT2D eigenvalue weighted by Crippen LogP contribution is -2.01. The molecule has 1 aromatic heterocycles. The first-order valence-electron chi connectivity index (χ1n) is 7.85. The van der Waals surface area contributed by atoms with E-state index in [0.717, 1.165) is 10.7 Å². The molecule has 25 heavy (non-hydrogen) atoms. The van der Waals surface area contributed by atoms with Crippen LogP contribution in [0.5, 0.6) is 0 Å². The van der Waals surface area contributed by atoms with E-state index in [0.29, 0.717) is 28.6 Å². The zero-order valence-corrected chi connectivity index (χ0v) is 15.3. The van der Waals surface area contributed by atoms with E-state index >= 15 is 0 Å². The van der Waals surface area contributed by atoms with Crippen LogP contribution in [0, 0.1) is 12.7 Å². The van der Waals surface area contributed by atoms with Gasteiger partial charge in [0.05, 0.1) is 12.3 Å². The van der Waals surface area contributed by atoms with Gasteiger partial charge in [0.15, 0.2) is 5.16 Å². The van der Waals surface area contributed by atoms with Crippen LogP contribution in [0.2, 0.25) is 5.02 Å². The predicted molar refractivity (Wildman–Crippen MR) is 99.4 cm³/mol. The van der Waals surface area contributed by atoms with Gasteiger partial charge in [0.2, 0.25) is 0 Å². The van der Waals surface area contributed by atoms with Gasteiger partial charge in [-0.1, -0.05) is 59.3 Å². The number of benzene rings is 2. The Morgan fingerprint density at radius 3 is 2.64 bits per heavy atom. The molecule has 0 aliphatic heterocycles. The highest BCUT2D eigenvalue weighted by Crippen LogP contribution is 2.28. The maximum absolute atomic E-state index is 13.9. The molecule has 0 amide bonds. The van der Waals surface area contributed by atoms with E-state index in [1.165, 1.54) is 23.4 Å². The molecule has 0 saturated carbocycles. The molecule has 0 bridgehead atoms. The van der Waals surface area contributed by atoms with Crippen LogP contribution >= 0.6 is 23.4 Å². The molecule has 0 atom stereocenters. The van der Waals surface area contributed by atoms with Crippen molar-refractivity contribution in [2.24, 2.45) is 0 Å². The van der Waals surface area contributed by atoms with Crippen molar-refractivity contribution in [3.63, 3.8) is 0 Å². The van der Waals surface area contributed by atoms with Crippen LogP contribution in [-0.4, -0.2) is 14.7 Å². The van der Waals surface area contributed by atoms with Gasteiger partial charge in [-0.05, 0) is 24.6 Å². The maximum Gasteiger partial charge on any atom is 0.168 e. The van der Waals surface area contributed by atoms with E-state index in [4.69, 9.17) is 11.6 Å². The summed E-state index contributed by atoms with van der Waals surface area (Å²) in [6.45, 7) is 2.56. The molecular formula is C19H18ClFN2OS. The van der Waals surface area contributed by atoms with Crippen LogP contribution in [0.15, 0.2) is 53.8 Å². The predicted octanol–water partition coefficient (Wildman–Crippen LogP) is 4.82. The lowest BCUT2D eigenvalue weighted by molar-refractivity contribution is 0.277. The highest BCUT2D eigenvalue weighted by molar-refractivity contribution is 7.98. The van der Waals surface area contributed by atoms with Crippen molar-refractivity contribution in [3.8, 4) is 0 Å². The van der Waals surface area contributed by atoms with Crippen LogP contribution in [0.25, 0.3) is 0 Å². The maximum atomic E-state index is 13.9. The molecule has 1 heterocycles. The molecule has 3 rings (SSSR count). The normalized spacial score (nSPS) is 11.0. The lowest BCUT2D eigenvalue weighted by Gasteiger charge is -2.09. The summed E-state index contributed by atoms with van der Waals surface area (Å²) in [7, 11) is 0. The Bertz CT molecular complexity index is 844. The zero-order chi connectivity index (χ0) is 17.8. The van der Waals surface area contributed by atoms with Gasteiger partial charge in [0, 0.05) is 29.1 Å². The van der Waals surface area contributed by atoms with Gasteiger partial charge in [-0.15, -0.1) is 0 Å². The Labute approximate surface area is 155 Å². The number of hydrogen-bond acceptors (Lipinski definition) is 3. The molecule has 0 fully saturated rings. The molecule has 6 heteroatoms. The summed E-state index contributed by atoms with van der Waals surface area (Å²) in [6, 6.07) is 12.9. The molecule has 3 aromatic rings. The number of nitrogens with zero attached hydrogens (tertiary/aromatic N) is 2. The highest BCUT2D eigenvalue weighted by atomic mass is 35.5. The highest BCUT2D eigenvalue weighted by Gasteiger charge is 2.12. The average Bonchev–Trinajstić information content (AvgIpc) is 2.98. The minimum absolute atomic E-state index is 0.130. The van der Waals surface area contributed by atoms with Crippen LogP contribution < -0.4 is 0 Å². The van der Waals surface area contributed by atoms with Crippen molar-refractivity contribution >= 4 is 23.4 Å². The molecule has 0 radical (unpaired) electrons. The largest absolute Gasteiger partial charge is 0.390 e. The second kappa shape index (κ2) is 8.04. The second-order valence-corrected chi connectivity index (χ2v) is 7.13. The standard InChI is InChI=1S/C19H18ClFN2OS/c1-13-5-7-14(8-6-13)9-23-10-15(11-24)22-19(23)25-12-16-17(20)3-2-4-18(16)21/h2-8,10,24H,9,11-12H2,1H3. The Hall–Kier alpha value is -1.82. The second-order valence-electron chi connectivity index (χ2n) is 5.78. The third kappa shape index (κ3) is 4.42. The van der Waals surface area contributed by atoms with Gasteiger partial charge in [-0.25, -0.2) is 9.37 Å². The van der Waals surface area contributed by atoms with Crippen LogP contribution in [0.4, 0.5) is 4.39 Å². The summed E-state index contributed by atoms with van der Waals surface area (Å²) >= 11 is 7.50. The van der Waals surface area contributed by atoms with Crippen LogP contribution in [0.1, 0.15) is 22.4 Å². The molecular weight excluding hydrogens is 359 g/mol. The van der Waals surface area contributed by atoms with Gasteiger partial charge in [0.1, 0.15) is 5.82 Å². The van der Waals surface area contributed by atoms with Crippen molar-refractivity contribution in [3.05, 3.63) is 81.9 Å². The van der Waals surface area contributed by atoms with Crippen LogP contribution in [0.3, 0.4) is 0 Å². The number of hydrogen-bond donors (Lipinski definition) is 1.